The van der Waals surface area contributed by atoms with Crippen LogP contribution in [0.2, 0.25) is 11.1 Å². The van der Waals surface area contributed by atoms with Crippen LogP contribution in [0.4, 0.5) is 0 Å². The number of allylic oxidation sites excluding steroid dienone is 4. The molecule has 0 atom stereocenters. The minimum absolute atomic E-state index is 0. The molecule has 42 heavy (non-hydrogen) atoms. The van der Waals surface area contributed by atoms with Crippen LogP contribution in [0.25, 0.3) is 11.1 Å². The van der Waals surface area contributed by atoms with E-state index in [9.17, 15) is 0 Å². The summed E-state index contributed by atoms with van der Waals surface area (Å²) in [5, 5.41) is 0. The molecule has 0 unspecified atom stereocenters. The van der Waals surface area contributed by atoms with Gasteiger partial charge in [-0.2, -0.15) is 0 Å². The van der Waals surface area contributed by atoms with Crippen LogP contribution >= 0.6 is 0 Å². The second-order valence-corrected chi connectivity index (χ2v) is 29.8. The maximum Gasteiger partial charge on any atom is -1.00 e. The molecule has 4 heteroatoms. The van der Waals surface area contributed by atoms with Gasteiger partial charge in [0.2, 0.25) is 0 Å². The van der Waals surface area contributed by atoms with Crippen LogP contribution in [0.15, 0.2) is 51.8 Å². The molecule has 0 bridgehead atoms. The van der Waals surface area contributed by atoms with E-state index in [2.05, 4.69) is 90.1 Å². The van der Waals surface area contributed by atoms with Gasteiger partial charge >= 0.3 is 255 Å². The summed E-state index contributed by atoms with van der Waals surface area (Å²) >= 11 is -2.21. The molecule has 4 aliphatic rings. The van der Waals surface area contributed by atoms with Gasteiger partial charge in [-0.1, -0.05) is 0 Å². The van der Waals surface area contributed by atoms with E-state index in [-0.39, 0.29) is 35.6 Å². The molecule has 0 aliphatic heterocycles. The van der Waals surface area contributed by atoms with Crippen LogP contribution in [0.3, 0.4) is 0 Å². The third-order valence-corrected chi connectivity index (χ3v) is 32.7. The van der Waals surface area contributed by atoms with Gasteiger partial charge in [-0.3, -0.25) is 0 Å². The van der Waals surface area contributed by atoms with Crippen molar-refractivity contribution in [3.8, 4) is 11.1 Å². The second kappa shape index (κ2) is 13.9. The van der Waals surface area contributed by atoms with Crippen LogP contribution in [-0.4, -0.2) is 5.43 Å². The van der Waals surface area contributed by atoms with Gasteiger partial charge in [0.1, 0.15) is 0 Å². The molecule has 226 valence electrons. The quantitative estimate of drug-likeness (QED) is 0.350. The van der Waals surface area contributed by atoms with Crippen LogP contribution in [0.5, 0.6) is 0 Å². The van der Waals surface area contributed by atoms with Crippen molar-refractivity contribution >= 4 is 8.70 Å². The monoisotopic (exact) mass is 696 g/mol. The summed E-state index contributed by atoms with van der Waals surface area (Å²) in [5.74, 6) is 0. The summed E-state index contributed by atoms with van der Waals surface area (Å²) in [7, 11) is 0. The summed E-state index contributed by atoms with van der Waals surface area (Å²) in [4.78, 5) is 0. The van der Waals surface area contributed by atoms with Gasteiger partial charge < -0.3 is 24.8 Å². The van der Waals surface area contributed by atoms with E-state index in [0.29, 0.717) is 0 Å². The molecule has 4 aliphatic carbocycles. The molecule has 2 fully saturated rings. The van der Waals surface area contributed by atoms with Crippen LogP contribution < -0.4 is 28.1 Å². The second-order valence-electron chi connectivity index (χ2n) is 15.4. The first-order chi connectivity index (χ1) is 19.1. The van der Waals surface area contributed by atoms with E-state index in [1.807, 2.05) is 6.55 Å². The molecular weight excluding hydrogens is 647 g/mol. The molecule has 2 aromatic carbocycles. The number of halogens is 2. The fraction of sp³-hybridized carbons (Fsp3) is 0.579. The van der Waals surface area contributed by atoms with Gasteiger partial charge in [0.05, 0.1) is 0 Å². The molecule has 2 aromatic rings. The first-order valence-electron chi connectivity index (χ1n) is 16.5. The Morgan fingerprint density at radius 2 is 1.31 bits per heavy atom. The molecular formula is C38H52Cl2SiZr. The Kier molecular flexibility index (Phi) is 11.4. The fourth-order valence-electron chi connectivity index (χ4n) is 8.35. The van der Waals surface area contributed by atoms with Crippen molar-refractivity contribution in [2.45, 2.75) is 141 Å². The minimum atomic E-state index is -2.21. The van der Waals surface area contributed by atoms with Crippen LogP contribution in [0.1, 0.15) is 134 Å². The fourth-order valence-corrected chi connectivity index (χ4v) is 35.8. The van der Waals surface area contributed by atoms with Crippen molar-refractivity contribution in [3.63, 3.8) is 0 Å². The molecule has 0 amide bonds. The zero-order valence-electron chi connectivity index (χ0n) is 27.0. The maximum absolute atomic E-state index is 2.65. The average Bonchev–Trinajstić information content (AvgIpc) is 3.59. The Morgan fingerprint density at radius 3 is 1.83 bits per heavy atom. The largest absolute Gasteiger partial charge is 1.00 e. The Morgan fingerprint density at radius 1 is 0.714 bits per heavy atom. The van der Waals surface area contributed by atoms with E-state index >= 15 is 0 Å². The van der Waals surface area contributed by atoms with Crippen molar-refractivity contribution in [1.82, 2.24) is 0 Å². The molecule has 2 saturated carbocycles. The molecule has 0 heterocycles. The molecule has 0 N–H and O–H groups in total. The van der Waals surface area contributed by atoms with E-state index in [0.717, 1.165) is 11.1 Å². The van der Waals surface area contributed by atoms with Crippen molar-refractivity contribution in [1.29, 1.82) is 0 Å². The molecule has 0 spiro atoms. The number of fused-ring (bicyclic) bond motifs is 3. The number of benzene rings is 2. The maximum atomic E-state index is 2.65. The van der Waals surface area contributed by atoms with E-state index in [4.69, 9.17) is 0 Å². The Balaban J connectivity index is 0.00000202. The van der Waals surface area contributed by atoms with Gasteiger partial charge in [0, 0.05) is 0 Å². The smallest absolute Gasteiger partial charge is 1.00 e. The normalized spacial score (nSPS) is 18.7. The molecule has 0 saturated heterocycles. The predicted molar refractivity (Wildman–Crippen MR) is 173 cm³/mol. The molecule has 0 nitrogen and oxygen atoms in total. The third kappa shape index (κ3) is 6.88. The molecule has 0 aromatic heterocycles. The van der Waals surface area contributed by atoms with Gasteiger partial charge in [-0.25, -0.2) is 0 Å². The summed E-state index contributed by atoms with van der Waals surface area (Å²) in [6.07, 6.45) is 25.2. The zero-order valence-corrected chi connectivity index (χ0v) is 32.0. The topological polar surface area (TPSA) is 0 Å². The van der Waals surface area contributed by atoms with Crippen molar-refractivity contribution < 1.29 is 45.2 Å². The summed E-state index contributed by atoms with van der Waals surface area (Å²) in [5.41, 5.74) is 11.8. The van der Waals surface area contributed by atoms with Crippen molar-refractivity contribution in [3.05, 3.63) is 74.1 Å². The number of hydrogen-bond donors (Lipinski definition) is 0. The predicted octanol–water partition coefficient (Wildman–Crippen LogP) is 4.61. The Bertz CT molecular complexity index is 1350. The first kappa shape index (κ1) is 34.5. The zero-order chi connectivity index (χ0) is 28.1. The molecule has 6 rings (SSSR count). The van der Waals surface area contributed by atoms with E-state index in [1.54, 1.807) is 47.9 Å². The Hall–Kier alpha value is -0.400. The van der Waals surface area contributed by atoms with Gasteiger partial charge in [0.15, 0.2) is 0 Å². The standard InChI is InChI=1S/C21H25.C12H22Si.C5H5.2ClH.Zr/c1-20(2,3)16-7-9-18-14(12-16)11-15-13-17(21(4,5)6)8-10-19(15)18;1-3-7-11(8-4-1)13-12-9-5-2-6-10-12;1-2-4-5-3-1;;;/h7-10,12H,11H2,1-6H3;11-12H,1-10H2;1-3H,4H2;2*1H;/q;;;;;+2/p-2. The minimum Gasteiger partial charge on any atom is -1.00 e. The van der Waals surface area contributed by atoms with Gasteiger partial charge in [0.25, 0.3) is 0 Å². The summed E-state index contributed by atoms with van der Waals surface area (Å²) in [6.45, 7) is 14.6. The number of rotatable bonds is 4. The van der Waals surface area contributed by atoms with Crippen LogP contribution in [0, 0.1) is 0 Å². The summed E-state index contributed by atoms with van der Waals surface area (Å²) in [6, 6.07) is 12.6. The van der Waals surface area contributed by atoms with E-state index < -0.39 is 25.8 Å². The number of hydrogen-bond acceptors (Lipinski definition) is 0. The summed E-state index contributed by atoms with van der Waals surface area (Å²) < 4.78 is 3.94. The third-order valence-electron chi connectivity index (χ3n) is 10.5. The van der Waals surface area contributed by atoms with E-state index in [1.165, 1.54) is 62.5 Å². The van der Waals surface area contributed by atoms with Crippen molar-refractivity contribution in [2.75, 3.05) is 0 Å². The Labute approximate surface area is 277 Å². The van der Waals surface area contributed by atoms with Crippen LogP contribution in [-0.2, 0) is 37.6 Å². The first-order valence-corrected chi connectivity index (χ1v) is 24.3. The SMILES string of the molecule is CC(C)(C)c1ccc2c(c1)Cc1c-2ccc(C(C)(C)C)[c]1[Zr+2]([C]1=CC=CC1)=[Si](C1CCCCC1)C1CCCCC1.[Cl-].[Cl-]. The average molecular weight is 699 g/mol. The van der Waals surface area contributed by atoms with Gasteiger partial charge in [-0.05, 0) is 0 Å². The van der Waals surface area contributed by atoms with Gasteiger partial charge in [-0.15, -0.1) is 0 Å². The van der Waals surface area contributed by atoms with Crippen molar-refractivity contribution in [2.24, 2.45) is 0 Å². The molecule has 0 radical (unpaired) electrons.